The van der Waals surface area contributed by atoms with E-state index in [1.54, 1.807) is 12.4 Å². The Bertz CT molecular complexity index is 554. The Morgan fingerprint density at radius 1 is 1.20 bits per heavy atom. The fraction of sp³-hybridized carbons (Fsp3) is 0.286. The zero-order valence-electron chi connectivity index (χ0n) is 11.5. The van der Waals surface area contributed by atoms with Gasteiger partial charge in [-0.25, -0.2) is 9.97 Å². The van der Waals surface area contributed by atoms with Crippen LogP contribution in [-0.4, -0.2) is 26.9 Å². The van der Waals surface area contributed by atoms with Crippen LogP contribution in [0.25, 0.3) is 0 Å². The summed E-state index contributed by atoms with van der Waals surface area (Å²) in [4.78, 5) is 24.1. The standard InChI is InChI=1S/C14H17N5O/c1-10(2)19-14-17-8-12(9-18-14)13(20)16-7-11-3-5-15-6-4-11/h3-6,8-10H,7H2,1-2H3,(H,16,20)(H,17,18,19). The summed E-state index contributed by atoms with van der Waals surface area (Å²) in [6.07, 6.45) is 6.41. The number of carbonyl (C=O) groups excluding carboxylic acids is 1. The number of hydrogen-bond acceptors (Lipinski definition) is 5. The Balaban J connectivity index is 1.92. The summed E-state index contributed by atoms with van der Waals surface area (Å²) in [6, 6.07) is 3.96. The first-order valence-electron chi connectivity index (χ1n) is 6.41. The highest BCUT2D eigenvalue weighted by molar-refractivity contribution is 5.93. The quantitative estimate of drug-likeness (QED) is 0.864. The molecular formula is C14H17N5O. The summed E-state index contributed by atoms with van der Waals surface area (Å²) in [5.74, 6) is 0.323. The second-order valence-corrected chi connectivity index (χ2v) is 4.63. The van der Waals surface area contributed by atoms with Crippen molar-refractivity contribution in [3.05, 3.63) is 48.0 Å². The Hall–Kier alpha value is -2.50. The number of rotatable bonds is 5. The molecule has 2 rings (SSSR count). The van der Waals surface area contributed by atoms with Crippen LogP contribution >= 0.6 is 0 Å². The van der Waals surface area contributed by atoms with E-state index >= 15 is 0 Å². The van der Waals surface area contributed by atoms with Gasteiger partial charge in [-0.2, -0.15) is 0 Å². The largest absolute Gasteiger partial charge is 0.352 e. The SMILES string of the molecule is CC(C)Nc1ncc(C(=O)NCc2ccncc2)cn1. The molecule has 0 aliphatic rings. The van der Waals surface area contributed by atoms with Crippen LogP contribution in [0.4, 0.5) is 5.95 Å². The van der Waals surface area contributed by atoms with Crippen LogP contribution < -0.4 is 10.6 Å². The van der Waals surface area contributed by atoms with Gasteiger partial charge in [0.25, 0.3) is 5.91 Å². The minimum Gasteiger partial charge on any atom is -0.352 e. The number of nitrogens with one attached hydrogen (secondary N) is 2. The van der Waals surface area contributed by atoms with Crippen molar-refractivity contribution in [1.82, 2.24) is 20.3 Å². The molecular weight excluding hydrogens is 254 g/mol. The maximum absolute atomic E-state index is 11.9. The molecule has 20 heavy (non-hydrogen) atoms. The third-order valence-corrected chi connectivity index (χ3v) is 2.53. The van der Waals surface area contributed by atoms with Crippen molar-refractivity contribution in [3.63, 3.8) is 0 Å². The molecule has 2 N–H and O–H groups in total. The highest BCUT2D eigenvalue weighted by Gasteiger charge is 2.07. The molecule has 2 aromatic rings. The van der Waals surface area contributed by atoms with Gasteiger partial charge in [0.05, 0.1) is 5.56 Å². The Morgan fingerprint density at radius 2 is 1.85 bits per heavy atom. The summed E-state index contributed by atoms with van der Waals surface area (Å²) in [6.45, 7) is 4.45. The van der Waals surface area contributed by atoms with Gasteiger partial charge in [0, 0.05) is 37.4 Å². The number of pyridine rings is 1. The van der Waals surface area contributed by atoms with Crippen molar-refractivity contribution in [1.29, 1.82) is 0 Å². The maximum Gasteiger partial charge on any atom is 0.254 e. The van der Waals surface area contributed by atoms with Gasteiger partial charge in [0.2, 0.25) is 5.95 Å². The van der Waals surface area contributed by atoms with Crippen molar-refractivity contribution in [2.24, 2.45) is 0 Å². The summed E-state index contributed by atoms with van der Waals surface area (Å²) in [5, 5.41) is 5.88. The first-order valence-corrected chi connectivity index (χ1v) is 6.41. The summed E-state index contributed by atoms with van der Waals surface area (Å²) in [7, 11) is 0. The molecule has 0 atom stereocenters. The molecule has 6 heteroatoms. The van der Waals surface area contributed by atoms with Gasteiger partial charge < -0.3 is 10.6 Å². The van der Waals surface area contributed by atoms with Crippen LogP contribution in [0.3, 0.4) is 0 Å². The number of hydrogen-bond donors (Lipinski definition) is 2. The minimum atomic E-state index is -0.196. The van der Waals surface area contributed by atoms with Gasteiger partial charge in [-0.1, -0.05) is 0 Å². The van der Waals surface area contributed by atoms with E-state index in [2.05, 4.69) is 25.6 Å². The van der Waals surface area contributed by atoms with Gasteiger partial charge >= 0.3 is 0 Å². The highest BCUT2D eigenvalue weighted by atomic mass is 16.1. The topological polar surface area (TPSA) is 79.8 Å². The van der Waals surface area contributed by atoms with E-state index in [4.69, 9.17) is 0 Å². The van der Waals surface area contributed by atoms with Gasteiger partial charge in [-0.15, -0.1) is 0 Å². The molecule has 0 unspecified atom stereocenters. The van der Waals surface area contributed by atoms with Crippen LogP contribution in [-0.2, 0) is 6.54 Å². The van der Waals surface area contributed by atoms with Crippen molar-refractivity contribution in [2.75, 3.05) is 5.32 Å². The third kappa shape index (κ3) is 4.01. The van der Waals surface area contributed by atoms with E-state index in [9.17, 15) is 4.79 Å². The zero-order chi connectivity index (χ0) is 14.4. The maximum atomic E-state index is 11.9. The summed E-state index contributed by atoms with van der Waals surface area (Å²) in [5.41, 5.74) is 1.43. The van der Waals surface area contributed by atoms with Gasteiger partial charge in [-0.05, 0) is 31.5 Å². The lowest BCUT2D eigenvalue weighted by Crippen LogP contribution is -2.23. The Labute approximate surface area is 117 Å². The average Bonchev–Trinajstić information content (AvgIpc) is 2.46. The van der Waals surface area contributed by atoms with Crippen molar-refractivity contribution in [2.45, 2.75) is 26.4 Å². The number of anilines is 1. The average molecular weight is 271 g/mol. The van der Waals surface area contributed by atoms with Crippen LogP contribution in [0.15, 0.2) is 36.9 Å². The molecule has 0 radical (unpaired) electrons. The molecule has 1 amide bonds. The molecule has 0 aromatic carbocycles. The Morgan fingerprint density at radius 3 is 2.45 bits per heavy atom. The van der Waals surface area contributed by atoms with Gasteiger partial charge in [0.1, 0.15) is 0 Å². The number of amides is 1. The molecule has 0 saturated heterocycles. The molecule has 104 valence electrons. The lowest BCUT2D eigenvalue weighted by atomic mass is 10.2. The molecule has 0 spiro atoms. The van der Waals surface area contributed by atoms with E-state index in [0.717, 1.165) is 5.56 Å². The molecule has 0 fully saturated rings. The normalized spacial score (nSPS) is 10.3. The van der Waals surface area contributed by atoms with Crippen LogP contribution in [0.5, 0.6) is 0 Å². The van der Waals surface area contributed by atoms with E-state index in [1.165, 1.54) is 12.4 Å². The van der Waals surface area contributed by atoms with Crippen LogP contribution in [0.1, 0.15) is 29.8 Å². The van der Waals surface area contributed by atoms with Crippen LogP contribution in [0.2, 0.25) is 0 Å². The van der Waals surface area contributed by atoms with E-state index in [-0.39, 0.29) is 11.9 Å². The number of carbonyl (C=O) groups is 1. The molecule has 0 bridgehead atoms. The number of nitrogens with zero attached hydrogens (tertiary/aromatic N) is 3. The molecule has 2 aromatic heterocycles. The molecule has 2 heterocycles. The van der Waals surface area contributed by atoms with Gasteiger partial charge in [-0.3, -0.25) is 9.78 Å². The molecule has 6 nitrogen and oxygen atoms in total. The highest BCUT2D eigenvalue weighted by Crippen LogP contribution is 2.03. The zero-order valence-corrected chi connectivity index (χ0v) is 11.5. The van der Waals surface area contributed by atoms with E-state index in [1.807, 2.05) is 26.0 Å². The smallest absolute Gasteiger partial charge is 0.254 e. The third-order valence-electron chi connectivity index (χ3n) is 2.53. The van der Waals surface area contributed by atoms with Crippen molar-refractivity contribution in [3.8, 4) is 0 Å². The lowest BCUT2D eigenvalue weighted by Gasteiger charge is -2.08. The fourth-order valence-electron chi connectivity index (χ4n) is 1.56. The monoisotopic (exact) mass is 271 g/mol. The van der Waals surface area contributed by atoms with Crippen molar-refractivity contribution < 1.29 is 4.79 Å². The second-order valence-electron chi connectivity index (χ2n) is 4.63. The summed E-state index contributed by atoms with van der Waals surface area (Å²) >= 11 is 0. The summed E-state index contributed by atoms with van der Waals surface area (Å²) < 4.78 is 0. The first-order chi connectivity index (χ1) is 9.65. The van der Waals surface area contributed by atoms with E-state index in [0.29, 0.717) is 18.1 Å². The predicted molar refractivity (Wildman–Crippen MR) is 76.2 cm³/mol. The van der Waals surface area contributed by atoms with E-state index < -0.39 is 0 Å². The Kier molecular flexibility index (Phi) is 4.60. The van der Waals surface area contributed by atoms with Crippen LogP contribution in [0, 0.1) is 0 Å². The second kappa shape index (κ2) is 6.60. The number of aromatic nitrogens is 3. The minimum absolute atomic E-state index is 0.196. The van der Waals surface area contributed by atoms with Gasteiger partial charge in [0.15, 0.2) is 0 Å². The predicted octanol–water partition coefficient (Wildman–Crippen LogP) is 1.62. The van der Waals surface area contributed by atoms with Crippen molar-refractivity contribution >= 4 is 11.9 Å². The molecule has 0 saturated carbocycles. The molecule has 0 aliphatic carbocycles. The lowest BCUT2D eigenvalue weighted by molar-refractivity contribution is 0.0950. The molecule has 0 aliphatic heterocycles. The fourth-order valence-corrected chi connectivity index (χ4v) is 1.56. The first kappa shape index (κ1) is 13.9.